The van der Waals surface area contributed by atoms with Crippen molar-refractivity contribution in [3.05, 3.63) is 47.5 Å². The Balaban J connectivity index is 1.52. The highest BCUT2D eigenvalue weighted by Gasteiger charge is 2.36. The van der Waals surface area contributed by atoms with Gasteiger partial charge in [-0.1, -0.05) is 45.6 Å². The average molecular weight is 641 g/mol. The molecule has 1 aliphatic heterocycles. The molecule has 0 unspecified atom stereocenters. The van der Waals surface area contributed by atoms with Crippen LogP contribution in [0.25, 0.3) is 0 Å². The zero-order valence-electron chi connectivity index (χ0n) is 27.5. The maximum absolute atomic E-state index is 15.6. The van der Waals surface area contributed by atoms with Crippen LogP contribution in [-0.4, -0.2) is 74.2 Å². The Morgan fingerprint density at radius 2 is 1.72 bits per heavy atom. The van der Waals surface area contributed by atoms with Crippen LogP contribution >= 0.6 is 0 Å². The number of benzene rings is 1. The van der Waals surface area contributed by atoms with Gasteiger partial charge in [-0.3, -0.25) is 23.9 Å². The minimum Gasteiger partial charge on any atom is -0.390 e. The maximum atomic E-state index is 15.6. The number of piperidine rings is 1. The number of hydrogen-bond acceptors (Lipinski definition) is 6. The first-order chi connectivity index (χ1) is 21.9. The van der Waals surface area contributed by atoms with Gasteiger partial charge in [0.15, 0.2) is 0 Å². The molecule has 2 fully saturated rings. The molecule has 3 atom stereocenters. The van der Waals surface area contributed by atoms with Crippen LogP contribution in [0, 0.1) is 11.7 Å². The number of aryl methyl sites for hydroxylation is 1. The molecule has 11 nitrogen and oxygen atoms in total. The smallest absolute Gasteiger partial charge is 0.270 e. The van der Waals surface area contributed by atoms with Crippen LogP contribution in [0.4, 0.5) is 10.1 Å². The number of carbonyl (C=O) groups excluding carboxylic acids is 4. The van der Waals surface area contributed by atoms with Crippen molar-refractivity contribution in [3.8, 4) is 0 Å². The number of nitrogens with one attached hydrogen (secondary N) is 3. The van der Waals surface area contributed by atoms with E-state index in [0.29, 0.717) is 43.7 Å². The van der Waals surface area contributed by atoms with Gasteiger partial charge >= 0.3 is 0 Å². The van der Waals surface area contributed by atoms with Crippen LogP contribution in [0.5, 0.6) is 0 Å². The fourth-order valence-corrected chi connectivity index (χ4v) is 6.43. The second kappa shape index (κ2) is 15.7. The molecule has 2 aromatic rings. The van der Waals surface area contributed by atoms with E-state index in [-0.39, 0.29) is 29.8 Å². The van der Waals surface area contributed by atoms with E-state index in [0.717, 1.165) is 38.5 Å². The van der Waals surface area contributed by atoms with Crippen LogP contribution in [0.1, 0.15) is 107 Å². The van der Waals surface area contributed by atoms with Crippen molar-refractivity contribution in [1.29, 1.82) is 0 Å². The Morgan fingerprint density at radius 3 is 2.33 bits per heavy atom. The third-order valence-electron chi connectivity index (χ3n) is 9.52. The predicted molar refractivity (Wildman–Crippen MR) is 172 cm³/mol. The number of aliphatic hydroxyl groups is 1. The largest absolute Gasteiger partial charge is 0.390 e. The second-order valence-corrected chi connectivity index (χ2v) is 13.0. The van der Waals surface area contributed by atoms with Crippen LogP contribution in [0.2, 0.25) is 0 Å². The molecule has 12 heteroatoms. The topological polar surface area (TPSA) is 146 Å². The molecule has 1 saturated heterocycles. The summed E-state index contributed by atoms with van der Waals surface area (Å²) in [6.45, 7) is 8.28. The van der Waals surface area contributed by atoms with E-state index in [9.17, 15) is 24.3 Å². The first-order valence-corrected chi connectivity index (χ1v) is 16.7. The van der Waals surface area contributed by atoms with Gasteiger partial charge in [0.1, 0.15) is 23.6 Å². The summed E-state index contributed by atoms with van der Waals surface area (Å²) < 4.78 is 17.2. The number of likely N-dealkylation sites (tertiary alicyclic amines) is 1. The molecule has 0 bridgehead atoms. The Hall–Kier alpha value is -3.80. The summed E-state index contributed by atoms with van der Waals surface area (Å²) in [6.07, 6.45) is 8.16. The van der Waals surface area contributed by atoms with Gasteiger partial charge in [0.25, 0.3) is 5.91 Å². The molecule has 2 heterocycles. The molecule has 252 valence electrons. The summed E-state index contributed by atoms with van der Waals surface area (Å²) >= 11 is 0. The number of rotatable bonds is 11. The molecular weight excluding hydrogens is 591 g/mol. The zero-order valence-corrected chi connectivity index (χ0v) is 27.5. The number of hydrogen-bond donors (Lipinski definition) is 4. The van der Waals surface area contributed by atoms with Gasteiger partial charge in [-0.05, 0) is 69.2 Å². The van der Waals surface area contributed by atoms with Crippen LogP contribution in [-0.2, 0) is 20.9 Å². The Bertz CT molecular complexity index is 1380. The molecule has 46 heavy (non-hydrogen) atoms. The lowest BCUT2D eigenvalue weighted by atomic mass is 9.89. The van der Waals surface area contributed by atoms with Crippen molar-refractivity contribution >= 4 is 29.3 Å². The minimum absolute atomic E-state index is 0.0360. The van der Waals surface area contributed by atoms with Gasteiger partial charge in [0.05, 0.1) is 11.3 Å². The molecule has 0 radical (unpaired) electrons. The Labute approximate surface area is 270 Å². The highest BCUT2D eigenvalue weighted by molar-refractivity contribution is 6.00. The van der Waals surface area contributed by atoms with Gasteiger partial charge in [0.2, 0.25) is 17.7 Å². The van der Waals surface area contributed by atoms with Crippen molar-refractivity contribution in [3.63, 3.8) is 0 Å². The predicted octanol–water partition coefficient (Wildman–Crippen LogP) is 4.12. The standard InChI is InChI=1S/C34H49FN6O5/c1-5-28(42)38-29(33(45)40-19-16-34(4,46)17-20-40)22(3)24-13-14-26(25(35)21-24)37-32(44)30(23-11-9-7-8-10-12-23)39-31(43)27-15-18-36-41(27)6-2/h13-15,18,21-23,29-30,46H,5-12,16-17,19-20H2,1-4H3,(H,37,44)(H,38,42)(H,39,43)/t22-,29+,30-/m0/s1. The first-order valence-electron chi connectivity index (χ1n) is 16.7. The highest BCUT2D eigenvalue weighted by Crippen LogP contribution is 2.30. The molecule has 0 spiro atoms. The van der Waals surface area contributed by atoms with Crippen LogP contribution < -0.4 is 16.0 Å². The molecule has 1 aliphatic carbocycles. The first kappa shape index (κ1) is 35.1. The summed E-state index contributed by atoms with van der Waals surface area (Å²) in [5.74, 6) is -2.84. The quantitative estimate of drug-likeness (QED) is 0.272. The fourth-order valence-electron chi connectivity index (χ4n) is 6.43. The van der Waals surface area contributed by atoms with E-state index in [1.165, 1.54) is 12.1 Å². The van der Waals surface area contributed by atoms with E-state index < -0.39 is 41.2 Å². The van der Waals surface area contributed by atoms with Gasteiger partial charge in [-0.25, -0.2) is 4.39 Å². The maximum Gasteiger partial charge on any atom is 0.270 e. The number of amides is 4. The molecule has 1 aromatic heterocycles. The highest BCUT2D eigenvalue weighted by atomic mass is 19.1. The lowest BCUT2D eigenvalue weighted by molar-refractivity contribution is -0.140. The van der Waals surface area contributed by atoms with Gasteiger partial charge in [-0.2, -0.15) is 5.10 Å². The van der Waals surface area contributed by atoms with Gasteiger partial charge in [0, 0.05) is 38.2 Å². The van der Waals surface area contributed by atoms with Gasteiger partial charge in [-0.15, -0.1) is 0 Å². The van der Waals surface area contributed by atoms with E-state index in [2.05, 4.69) is 21.0 Å². The molecule has 4 amide bonds. The van der Waals surface area contributed by atoms with E-state index in [4.69, 9.17) is 0 Å². The third-order valence-corrected chi connectivity index (χ3v) is 9.52. The third kappa shape index (κ3) is 8.71. The van der Waals surface area contributed by atoms with Crippen molar-refractivity contribution < 1.29 is 28.7 Å². The van der Waals surface area contributed by atoms with Crippen molar-refractivity contribution in [2.24, 2.45) is 5.92 Å². The Kier molecular flexibility index (Phi) is 11.9. The number of carbonyl (C=O) groups is 4. The molecule has 2 aliphatic rings. The number of nitrogens with zero attached hydrogens (tertiary/aromatic N) is 3. The summed E-state index contributed by atoms with van der Waals surface area (Å²) in [6, 6.07) is 4.19. The Morgan fingerprint density at radius 1 is 1.04 bits per heavy atom. The molecule has 4 N–H and O–H groups in total. The summed E-state index contributed by atoms with van der Waals surface area (Å²) in [5, 5.41) is 22.9. The zero-order chi connectivity index (χ0) is 33.4. The normalized spacial score (nSPS) is 19.0. The number of anilines is 1. The number of halogens is 1. The van der Waals surface area contributed by atoms with Crippen LogP contribution in [0.15, 0.2) is 30.5 Å². The lowest BCUT2D eigenvalue weighted by Gasteiger charge is -2.38. The van der Waals surface area contributed by atoms with E-state index >= 15 is 4.39 Å². The fraction of sp³-hybridized carbons (Fsp3) is 0.618. The average Bonchev–Trinajstić information content (AvgIpc) is 3.37. The minimum atomic E-state index is -0.929. The SMILES string of the molecule is CCC(=O)N[C@@H](C(=O)N1CCC(C)(O)CC1)[C@@H](C)c1ccc(NC(=O)[C@@H](NC(=O)c2ccnn2CC)C2CCCCCC2)c(F)c1. The van der Waals surface area contributed by atoms with Crippen molar-refractivity contribution in [1.82, 2.24) is 25.3 Å². The molecule has 1 aromatic carbocycles. The monoisotopic (exact) mass is 640 g/mol. The van der Waals surface area contributed by atoms with Crippen LogP contribution in [0.3, 0.4) is 0 Å². The molecular formula is C34H49FN6O5. The van der Waals surface area contributed by atoms with E-state index in [1.54, 1.807) is 48.7 Å². The lowest BCUT2D eigenvalue weighted by Crippen LogP contribution is -2.54. The molecule has 4 rings (SSSR count). The summed E-state index contributed by atoms with van der Waals surface area (Å²) in [5.41, 5.74) is -0.0428. The second-order valence-electron chi connectivity index (χ2n) is 13.0. The summed E-state index contributed by atoms with van der Waals surface area (Å²) in [7, 11) is 0. The van der Waals surface area contributed by atoms with E-state index in [1.807, 2.05) is 6.92 Å². The number of aromatic nitrogens is 2. The molecule has 1 saturated carbocycles. The summed E-state index contributed by atoms with van der Waals surface area (Å²) in [4.78, 5) is 54.6. The van der Waals surface area contributed by atoms with Crippen molar-refractivity contribution in [2.45, 2.75) is 116 Å². The van der Waals surface area contributed by atoms with Gasteiger partial charge < -0.3 is 26.0 Å². The van der Waals surface area contributed by atoms with Crippen molar-refractivity contribution in [2.75, 3.05) is 18.4 Å².